The molecule has 2 aromatic heterocycles. The number of hydrogen-bond acceptors (Lipinski definition) is 2. The molecule has 4 heteroatoms. The molecule has 3 heterocycles. The molecular weight excluding hydrogens is 390 g/mol. The molecule has 0 unspecified atom stereocenters. The largest absolute Gasteiger partial charge is 0.355 e. The van der Waals surface area contributed by atoms with Gasteiger partial charge in [0.15, 0.2) is 0 Å². The number of fused-ring (bicyclic) bond motifs is 1. The van der Waals surface area contributed by atoms with Crippen LogP contribution in [0.15, 0.2) is 85.1 Å². The Morgan fingerprint density at radius 2 is 1.47 bits per heavy atom. The van der Waals surface area contributed by atoms with E-state index in [2.05, 4.69) is 106 Å². The molecule has 2 aromatic carbocycles. The summed E-state index contributed by atoms with van der Waals surface area (Å²) in [6, 6.07) is 28.5. The van der Waals surface area contributed by atoms with Crippen molar-refractivity contribution in [2.75, 3.05) is 31.1 Å². The highest BCUT2D eigenvalue weighted by Crippen LogP contribution is 2.32. The molecule has 4 aromatic rings. The highest BCUT2D eigenvalue weighted by Gasteiger charge is 2.21. The first-order chi connectivity index (χ1) is 14.3. The van der Waals surface area contributed by atoms with Crippen LogP contribution in [0.4, 0.5) is 5.82 Å². The zero-order valence-electron chi connectivity index (χ0n) is 17.4. The van der Waals surface area contributed by atoms with Crippen molar-refractivity contribution in [3.63, 3.8) is 0 Å². The van der Waals surface area contributed by atoms with Gasteiger partial charge in [0.1, 0.15) is 5.82 Å². The fourth-order valence-electron chi connectivity index (χ4n) is 4.31. The van der Waals surface area contributed by atoms with Crippen molar-refractivity contribution in [3.8, 4) is 11.1 Å². The lowest BCUT2D eigenvalue weighted by molar-refractivity contribution is 0.249. The molecular formula is C26H28ClN3. The van der Waals surface area contributed by atoms with Crippen LogP contribution in [0.1, 0.15) is 11.1 Å². The van der Waals surface area contributed by atoms with Crippen LogP contribution in [0.5, 0.6) is 0 Å². The van der Waals surface area contributed by atoms with E-state index in [-0.39, 0.29) is 12.4 Å². The summed E-state index contributed by atoms with van der Waals surface area (Å²) in [7, 11) is 0. The molecule has 0 N–H and O–H groups in total. The van der Waals surface area contributed by atoms with Crippen LogP contribution < -0.4 is 4.90 Å². The van der Waals surface area contributed by atoms with Crippen molar-refractivity contribution in [2.24, 2.45) is 0 Å². The van der Waals surface area contributed by atoms with Crippen LogP contribution in [0, 0.1) is 6.92 Å². The second-order valence-corrected chi connectivity index (χ2v) is 7.99. The van der Waals surface area contributed by atoms with Crippen molar-refractivity contribution < 1.29 is 0 Å². The number of benzene rings is 2. The molecule has 0 bridgehead atoms. The molecule has 1 aliphatic rings. The summed E-state index contributed by atoms with van der Waals surface area (Å²) in [5.41, 5.74) is 6.59. The van der Waals surface area contributed by atoms with Gasteiger partial charge in [0.25, 0.3) is 0 Å². The monoisotopic (exact) mass is 417 g/mol. The maximum absolute atomic E-state index is 2.56. The van der Waals surface area contributed by atoms with Gasteiger partial charge in [-0.25, -0.2) is 0 Å². The van der Waals surface area contributed by atoms with Gasteiger partial charge < -0.3 is 9.30 Å². The second kappa shape index (κ2) is 8.95. The third-order valence-electron chi connectivity index (χ3n) is 5.96. The van der Waals surface area contributed by atoms with Crippen LogP contribution in [0.2, 0.25) is 0 Å². The summed E-state index contributed by atoms with van der Waals surface area (Å²) in [5, 5.41) is 0. The van der Waals surface area contributed by atoms with Crippen LogP contribution in [-0.4, -0.2) is 35.5 Å². The van der Waals surface area contributed by atoms with E-state index in [4.69, 9.17) is 0 Å². The van der Waals surface area contributed by atoms with E-state index < -0.39 is 0 Å². The molecule has 0 radical (unpaired) electrons. The van der Waals surface area contributed by atoms with Gasteiger partial charge in [0, 0.05) is 44.5 Å². The summed E-state index contributed by atoms with van der Waals surface area (Å²) in [6.45, 7) is 7.48. The van der Waals surface area contributed by atoms with E-state index in [1.54, 1.807) is 0 Å². The van der Waals surface area contributed by atoms with E-state index in [0.29, 0.717) is 0 Å². The lowest BCUT2D eigenvalue weighted by Crippen LogP contribution is -2.46. The minimum Gasteiger partial charge on any atom is -0.355 e. The number of rotatable bonds is 4. The van der Waals surface area contributed by atoms with Gasteiger partial charge in [-0.2, -0.15) is 0 Å². The van der Waals surface area contributed by atoms with Gasteiger partial charge in [-0.05, 0) is 36.2 Å². The molecule has 0 spiro atoms. The SMILES string of the molecule is Cc1ccc(CN2CCN(c3cc(-c4ccccc4)c4ccccn34)CC2)cc1.Cl. The van der Waals surface area contributed by atoms with E-state index in [0.717, 1.165) is 32.7 Å². The molecule has 30 heavy (non-hydrogen) atoms. The van der Waals surface area contributed by atoms with Crippen LogP contribution in [0.25, 0.3) is 16.6 Å². The summed E-state index contributed by atoms with van der Waals surface area (Å²) in [6.07, 6.45) is 2.19. The number of piperazine rings is 1. The van der Waals surface area contributed by atoms with E-state index in [1.807, 2.05) is 0 Å². The topological polar surface area (TPSA) is 10.9 Å². The Labute approximate surface area is 185 Å². The Kier molecular flexibility index (Phi) is 6.12. The van der Waals surface area contributed by atoms with Gasteiger partial charge >= 0.3 is 0 Å². The van der Waals surface area contributed by atoms with Crippen LogP contribution in [-0.2, 0) is 6.54 Å². The molecule has 0 aliphatic carbocycles. The Morgan fingerprint density at radius 3 is 2.20 bits per heavy atom. The summed E-state index contributed by atoms with van der Waals surface area (Å²) >= 11 is 0. The van der Waals surface area contributed by atoms with Crippen molar-refractivity contribution in [3.05, 3.63) is 96.2 Å². The van der Waals surface area contributed by atoms with Crippen molar-refractivity contribution in [1.82, 2.24) is 9.30 Å². The maximum atomic E-state index is 2.56. The van der Waals surface area contributed by atoms with Gasteiger partial charge in [-0.1, -0.05) is 66.2 Å². The molecule has 0 atom stereocenters. The quantitative estimate of drug-likeness (QED) is 0.424. The molecule has 1 fully saturated rings. The zero-order chi connectivity index (χ0) is 19.6. The van der Waals surface area contributed by atoms with Gasteiger partial charge in [-0.15, -0.1) is 12.4 Å². The number of nitrogens with zero attached hydrogens (tertiary/aromatic N) is 3. The highest BCUT2D eigenvalue weighted by molar-refractivity contribution is 5.85. The first-order valence-electron chi connectivity index (χ1n) is 10.5. The Hall–Kier alpha value is -2.75. The number of halogens is 1. The van der Waals surface area contributed by atoms with Crippen molar-refractivity contribution in [2.45, 2.75) is 13.5 Å². The number of aryl methyl sites for hydroxylation is 1. The number of hydrogen-bond donors (Lipinski definition) is 0. The molecule has 1 saturated heterocycles. The average molecular weight is 418 g/mol. The molecule has 1 aliphatic heterocycles. The van der Waals surface area contributed by atoms with Crippen molar-refractivity contribution in [1.29, 1.82) is 0 Å². The Balaban J connectivity index is 0.00000218. The molecule has 5 rings (SSSR count). The third kappa shape index (κ3) is 4.09. The van der Waals surface area contributed by atoms with E-state index >= 15 is 0 Å². The first kappa shape index (κ1) is 20.5. The smallest absolute Gasteiger partial charge is 0.113 e. The fourth-order valence-corrected chi connectivity index (χ4v) is 4.31. The maximum Gasteiger partial charge on any atom is 0.113 e. The second-order valence-electron chi connectivity index (χ2n) is 7.99. The van der Waals surface area contributed by atoms with E-state index in [9.17, 15) is 0 Å². The number of anilines is 1. The molecule has 154 valence electrons. The zero-order valence-corrected chi connectivity index (χ0v) is 18.2. The third-order valence-corrected chi connectivity index (χ3v) is 5.96. The van der Waals surface area contributed by atoms with Crippen LogP contribution >= 0.6 is 12.4 Å². The molecule has 3 nitrogen and oxygen atoms in total. The molecule has 0 amide bonds. The summed E-state index contributed by atoms with van der Waals surface area (Å²) < 4.78 is 2.35. The average Bonchev–Trinajstić information content (AvgIpc) is 3.16. The van der Waals surface area contributed by atoms with E-state index in [1.165, 1.54) is 33.6 Å². The predicted octanol–water partition coefficient (Wildman–Crippen LogP) is 5.66. The van der Waals surface area contributed by atoms with Crippen molar-refractivity contribution >= 4 is 23.7 Å². The van der Waals surface area contributed by atoms with Gasteiger partial charge in [-0.3, -0.25) is 4.90 Å². The summed E-state index contributed by atoms with van der Waals surface area (Å²) in [4.78, 5) is 5.10. The van der Waals surface area contributed by atoms with Gasteiger partial charge in [0.05, 0.1) is 5.52 Å². The fraction of sp³-hybridized carbons (Fsp3) is 0.231. The molecule has 0 saturated carbocycles. The summed E-state index contributed by atoms with van der Waals surface area (Å²) in [5.74, 6) is 1.30. The lowest BCUT2D eigenvalue weighted by atomic mass is 10.1. The Bertz CT molecular complexity index is 1090. The number of aromatic nitrogens is 1. The van der Waals surface area contributed by atoms with Gasteiger partial charge in [0.2, 0.25) is 0 Å². The lowest BCUT2D eigenvalue weighted by Gasteiger charge is -2.35. The number of pyridine rings is 1. The minimum atomic E-state index is 0. The highest BCUT2D eigenvalue weighted by atomic mass is 35.5. The minimum absolute atomic E-state index is 0. The normalized spacial score (nSPS) is 14.6. The first-order valence-corrected chi connectivity index (χ1v) is 10.5. The van der Waals surface area contributed by atoms with Crippen LogP contribution in [0.3, 0.4) is 0 Å². The predicted molar refractivity (Wildman–Crippen MR) is 129 cm³/mol. The standard InChI is InChI=1S/C26H27N3.ClH/c1-21-10-12-22(13-11-21)20-27-15-17-28(18-16-27)26-19-24(23-7-3-2-4-8-23)25-9-5-6-14-29(25)26;/h2-14,19H,15-18,20H2,1H3;1H. The Morgan fingerprint density at radius 1 is 0.767 bits per heavy atom.